The lowest BCUT2D eigenvalue weighted by atomic mass is 9.91. The molecule has 0 aliphatic carbocycles. The fraction of sp³-hybridized carbons (Fsp3) is 0.286. The average molecular weight is 379 g/mol. The molecule has 0 bridgehead atoms. The third-order valence-corrected chi connectivity index (χ3v) is 5.04. The molecule has 0 radical (unpaired) electrons. The smallest absolute Gasteiger partial charge is 0.325 e. The van der Waals surface area contributed by atoms with Gasteiger partial charge in [0.1, 0.15) is 5.54 Å². The van der Waals surface area contributed by atoms with Crippen molar-refractivity contribution in [3.63, 3.8) is 0 Å². The van der Waals surface area contributed by atoms with Crippen molar-refractivity contribution in [3.05, 3.63) is 58.7 Å². The highest BCUT2D eigenvalue weighted by Gasteiger charge is 2.49. The van der Waals surface area contributed by atoms with Crippen molar-refractivity contribution in [2.75, 3.05) is 14.2 Å². The van der Waals surface area contributed by atoms with Gasteiger partial charge in [0, 0.05) is 0 Å². The van der Waals surface area contributed by atoms with Crippen LogP contribution in [-0.2, 0) is 16.9 Å². The number of carbonyl (C=O) groups excluding carboxylic acids is 2. The second kappa shape index (κ2) is 7.24. The van der Waals surface area contributed by atoms with Gasteiger partial charge < -0.3 is 14.8 Å². The van der Waals surface area contributed by atoms with Crippen molar-refractivity contribution in [3.8, 4) is 17.6 Å². The molecular formula is C21H21N3O4. The molecule has 0 unspecified atom stereocenters. The number of benzene rings is 2. The topological polar surface area (TPSA) is 91.7 Å². The van der Waals surface area contributed by atoms with E-state index < -0.39 is 11.6 Å². The Hall–Kier alpha value is -3.53. The molecule has 7 nitrogen and oxygen atoms in total. The van der Waals surface area contributed by atoms with E-state index in [0.717, 1.165) is 11.1 Å². The van der Waals surface area contributed by atoms with E-state index in [2.05, 4.69) is 5.32 Å². The highest BCUT2D eigenvalue weighted by molar-refractivity contribution is 6.07. The monoisotopic (exact) mass is 379 g/mol. The largest absolute Gasteiger partial charge is 0.493 e. The van der Waals surface area contributed by atoms with Gasteiger partial charge in [0.2, 0.25) is 0 Å². The summed E-state index contributed by atoms with van der Waals surface area (Å²) >= 11 is 0. The van der Waals surface area contributed by atoms with Crippen molar-refractivity contribution in [1.82, 2.24) is 10.2 Å². The number of hydrogen-bond acceptors (Lipinski definition) is 5. The zero-order valence-corrected chi connectivity index (χ0v) is 16.2. The van der Waals surface area contributed by atoms with Crippen LogP contribution < -0.4 is 14.8 Å². The second-order valence-electron chi connectivity index (χ2n) is 6.77. The van der Waals surface area contributed by atoms with Gasteiger partial charge in [-0.25, -0.2) is 4.79 Å². The van der Waals surface area contributed by atoms with Crippen LogP contribution in [0.1, 0.15) is 29.2 Å². The van der Waals surface area contributed by atoms with Gasteiger partial charge >= 0.3 is 6.03 Å². The van der Waals surface area contributed by atoms with E-state index in [-0.39, 0.29) is 12.5 Å². The summed E-state index contributed by atoms with van der Waals surface area (Å²) in [6.07, 6.45) is 0. The number of ether oxygens (including phenoxy) is 2. The molecule has 1 fully saturated rings. The van der Waals surface area contributed by atoms with Crippen LogP contribution in [0.25, 0.3) is 0 Å². The summed E-state index contributed by atoms with van der Waals surface area (Å²) in [5.41, 5.74) is 1.59. The molecule has 3 amide bonds. The number of amides is 3. The van der Waals surface area contributed by atoms with Crippen LogP contribution in [0.2, 0.25) is 0 Å². The van der Waals surface area contributed by atoms with Crippen LogP contribution in [0.4, 0.5) is 4.79 Å². The summed E-state index contributed by atoms with van der Waals surface area (Å²) in [6.45, 7) is 3.66. The van der Waals surface area contributed by atoms with Crippen molar-refractivity contribution >= 4 is 11.9 Å². The zero-order chi connectivity index (χ0) is 20.5. The molecule has 3 rings (SSSR count). The molecule has 2 aromatic rings. The third-order valence-electron chi connectivity index (χ3n) is 5.04. The SMILES string of the molecule is COc1cc(C)c(CN2C(=O)N[C@](C)(c3ccc(C#N)cc3)C2=O)cc1OC. The van der Waals surface area contributed by atoms with Crippen molar-refractivity contribution in [2.45, 2.75) is 25.9 Å². The molecule has 7 heteroatoms. The number of hydrogen-bond donors (Lipinski definition) is 1. The highest BCUT2D eigenvalue weighted by Crippen LogP contribution is 2.33. The van der Waals surface area contributed by atoms with Crippen LogP contribution in [0.5, 0.6) is 11.5 Å². The third kappa shape index (κ3) is 3.14. The van der Waals surface area contributed by atoms with Gasteiger partial charge in [0.05, 0.1) is 32.4 Å². The Morgan fingerprint density at radius 2 is 1.71 bits per heavy atom. The molecule has 0 aromatic heterocycles. The standard InChI is InChI=1S/C21H21N3O4/c1-13-9-17(27-3)18(28-4)10-15(13)12-24-19(25)21(2,23-20(24)26)16-7-5-14(11-22)6-8-16/h5-10H,12H2,1-4H3,(H,23,26)/t21-/m1/s1. The molecule has 0 saturated carbocycles. The fourth-order valence-corrected chi connectivity index (χ4v) is 3.28. The summed E-state index contributed by atoms with van der Waals surface area (Å²) in [5, 5.41) is 11.7. The first kappa shape index (κ1) is 19.2. The number of carbonyl (C=O) groups is 2. The number of urea groups is 1. The van der Waals surface area contributed by atoms with Gasteiger partial charge in [-0.05, 0) is 54.8 Å². The Morgan fingerprint density at radius 1 is 1.11 bits per heavy atom. The van der Waals surface area contributed by atoms with Crippen molar-refractivity contribution in [2.24, 2.45) is 0 Å². The molecule has 1 aliphatic rings. The molecule has 1 heterocycles. The predicted molar refractivity (Wildman–Crippen MR) is 102 cm³/mol. The van der Waals surface area contributed by atoms with Crippen LogP contribution in [0.3, 0.4) is 0 Å². The average Bonchev–Trinajstić information content (AvgIpc) is 2.92. The van der Waals surface area contributed by atoms with E-state index >= 15 is 0 Å². The Morgan fingerprint density at radius 3 is 2.29 bits per heavy atom. The molecule has 1 aliphatic heterocycles. The van der Waals surface area contributed by atoms with Gasteiger partial charge in [0.25, 0.3) is 5.91 Å². The van der Waals surface area contributed by atoms with Gasteiger partial charge in [-0.2, -0.15) is 5.26 Å². The number of imide groups is 1. The maximum atomic E-state index is 13.1. The maximum absolute atomic E-state index is 13.1. The maximum Gasteiger partial charge on any atom is 0.325 e. The molecule has 1 N–H and O–H groups in total. The summed E-state index contributed by atoms with van der Waals surface area (Å²) in [5.74, 6) is 0.768. The van der Waals surface area contributed by atoms with E-state index in [4.69, 9.17) is 14.7 Å². The minimum atomic E-state index is -1.18. The lowest BCUT2D eigenvalue weighted by molar-refractivity contribution is -0.131. The normalized spacial score (nSPS) is 18.6. The Kier molecular flexibility index (Phi) is 4.97. The molecule has 0 spiro atoms. The van der Waals surface area contributed by atoms with E-state index in [1.807, 2.05) is 19.1 Å². The molecule has 144 valence electrons. The predicted octanol–water partition coefficient (Wildman–Crippen LogP) is 2.85. The Bertz CT molecular complexity index is 978. The number of nitrogens with zero attached hydrogens (tertiary/aromatic N) is 2. The zero-order valence-electron chi connectivity index (χ0n) is 16.2. The number of methoxy groups -OCH3 is 2. The van der Waals surface area contributed by atoms with E-state index in [0.29, 0.717) is 22.6 Å². The lowest BCUT2D eigenvalue weighted by Crippen LogP contribution is -2.40. The number of nitriles is 1. The molecule has 2 aromatic carbocycles. The summed E-state index contributed by atoms with van der Waals surface area (Å²) in [7, 11) is 3.09. The van der Waals surface area contributed by atoms with E-state index in [9.17, 15) is 9.59 Å². The van der Waals surface area contributed by atoms with Gasteiger partial charge in [-0.15, -0.1) is 0 Å². The first-order chi connectivity index (χ1) is 13.3. The second-order valence-corrected chi connectivity index (χ2v) is 6.77. The first-order valence-electron chi connectivity index (χ1n) is 8.70. The minimum absolute atomic E-state index is 0.114. The number of aryl methyl sites for hydroxylation is 1. The minimum Gasteiger partial charge on any atom is -0.493 e. The van der Waals surface area contributed by atoms with Gasteiger partial charge in [0.15, 0.2) is 11.5 Å². The molecule has 1 atom stereocenters. The highest BCUT2D eigenvalue weighted by atomic mass is 16.5. The molecule has 1 saturated heterocycles. The number of nitrogens with one attached hydrogen (secondary N) is 1. The summed E-state index contributed by atoms with van der Waals surface area (Å²) < 4.78 is 10.6. The summed E-state index contributed by atoms with van der Waals surface area (Å²) in [6, 6.07) is 11.8. The Balaban J connectivity index is 1.91. The fourth-order valence-electron chi connectivity index (χ4n) is 3.28. The van der Waals surface area contributed by atoms with Gasteiger partial charge in [-0.1, -0.05) is 12.1 Å². The van der Waals surface area contributed by atoms with Crippen LogP contribution in [0.15, 0.2) is 36.4 Å². The first-order valence-corrected chi connectivity index (χ1v) is 8.70. The van der Waals surface area contributed by atoms with Crippen molar-refractivity contribution in [1.29, 1.82) is 5.26 Å². The van der Waals surface area contributed by atoms with Crippen LogP contribution in [0, 0.1) is 18.3 Å². The van der Waals surface area contributed by atoms with Gasteiger partial charge in [-0.3, -0.25) is 9.69 Å². The quantitative estimate of drug-likeness (QED) is 0.807. The lowest BCUT2D eigenvalue weighted by Gasteiger charge is -2.22. The van der Waals surface area contributed by atoms with Crippen LogP contribution >= 0.6 is 0 Å². The molecular weight excluding hydrogens is 358 g/mol. The number of rotatable bonds is 5. The molecule has 28 heavy (non-hydrogen) atoms. The Labute approximate surface area is 163 Å². The van der Waals surface area contributed by atoms with Crippen LogP contribution in [-0.4, -0.2) is 31.1 Å². The van der Waals surface area contributed by atoms with E-state index in [1.54, 1.807) is 44.4 Å². The van der Waals surface area contributed by atoms with Crippen molar-refractivity contribution < 1.29 is 19.1 Å². The van der Waals surface area contributed by atoms with E-state index in [1.165, 1.54) is 12.0 Å². The summed E-state index contributed by atoms with van der Waals surface area (Å²) in [4.78, 5) is 26.9.